The van der Waals surface area contributed by atoms with E-state index < -0.39 is 11.8 Å². The van der Waals surface area contributed by atoms with Crippen molar-refractivity contribution in [2.24, 2.45) is 0 Å². The van der Waals surface area contributed by atoms with Crippen LogP contribution in [0.1, 0.15) is 82.3 Å². The Morgan fingerprint density at radius 2 is 1.79 bits per heavy atom. The van der Waals surface area contributed by atoms with Gasteiger partial charge in [-0.05, 0) is 62.4 Å². The van der Waals surface area contributed by atoms with E-state index in [2.05, 4.69) is 43.7 Å². The van der Waals surface area contributed by atoms with Gasteiger partial charge in [0, 0.05) is 46.6 Å². The fourth-order valence-corrected chi connectivity index (χ4v) is 3.94. The van der Waals surface area contributed by atoms with E-state index in [1.807, 2.05) is 19.9 Å². The van der Waals surface area contributed by atoms with Crippen LogP contribution in [0.25, 0.3) is 22.2 Å². The van der Waals surface area contributed by atoms with E-state index in [4.69, 9.17) is 6.42 Å². The molecule has 0 saturated heterocycles. The zero-order valence-electron chi connectivity index (χ0n) is 21.4. The quantitative estimate of drug-likeness (QED) is 0.162. The first-order valence-electron chi connectivity index (χ1n) is 12.6. The highest BCUT2D eigenvalue weighted by molar-refractivity contribution is 5.91. The number of pyridine rings is 1. The molecule has 0 aliphatic heterocycles. The summed E-state index contributed by atoms with van der Waals surface area (Å²) in [5, 5.41) is 9.42. The number of nitrogens with zero attached hydrogens (tertiary/aromatic N) is 3. The van der Waals surface area contributed by atoms with E-state index in [9.17, 15) is 9.18 Å². The number of nitrogens with one attached hydrogen (secondary N) is 3. The van der Waals surface area contributed by atoms with Crippen molar-refractivity contribution in [3.63, 3.8) is 0 Å². The van der Waals surface area contributed by atoms with Crippen molar-refractivity contribution in [3.8, 4) is 23.5 Å². The number of amides is 2. The number of aromatic nitrogens is 3. The van der Waals surface area contributed by atoms with Crippen LogP contribution in [0.4, 0.5) is 20.8 Å². The van der Waals surface area contributed by atoms with Crippen molar-refractivity contribution in [2.75, 3.05) is 23.7 Å². The van der Waals surface area contributed by atoms with Gasteiger partial charge in [-0.2, -0.15) is 4.98 Å². The maximum atomic E-state index is 14.7. The summed E-state index contributed by atoms with van der Waals surface area (Å²) < 4.78 is 14.7. The Hall–Kier alpha value is -3.73. The Labute approximate surface area is 231 Å². The summed E-state index contributed by atoms with van der Waals surface area (Å²) in [5.74, 6) is 2.68. The summed E-state index contributed by atoms with van der Waals surface area (Å²) in [6.07, 6.45) is 13.9. The average Bonchev–Trinajstić information content (AvgIpc) is 2.85. The van der Waals surface area contributed by atoms with Crippen LogP contribution in [0.2, 0.25) is 0 Å². The maximum Gasteiger partial charge on any atom is 0.319 e. The van der Waals surface area contributed by atoms with Crippen LogP contribution in [0.5, 0.6) is 0 Å². The molecular formula is C30H49FN6O. The molecule has 3 aromatic rings. The highest BCUT2D eigenvalue weighted by Gasteiger charge is 2.15. The molecule has 212 valence electrons. The van der Waals surface area contributed by atoms with Gasteiger partial charge >= 0.3 is 6.03 Å². The lowest BCUT2D eigenvalue weighted by atomic mass is 9.97. The molecule has 0 spiro atoms. The molecule has 38 heavy (non-hydrogen) atoms. The number of hydrogen-bond acceptors (Lipinski definition) is 5. The smallest absolute Gasteiger partial charge is 0.319 e. The third kappa shape index (κ3) is 8.98. The summed E-state index contributed by atoms with van der Waals surface area (Å²) in [4.78, 5) is 25.9. The van der Waals surface area contributed by atoms with E-state index in [1.165, 1.54) is 6.07 Å². The first-order valence-corrected chi connectivity index (χ1v) is 12.6. The van der Waals surface area contributed by atoms with Crippen molar-refractivity contribution < 1.29 is 13.5 Å². The average molecular weight is 529 g/mol. The molecule has 3 rings (SSSR count). The Morgan fingerprint density at radius 1 is 1.03 bits per heavy atom. The Bertz CT molecular complexity index is 1250. The van der Waals surface area contributed by atoms with Gasteiger partial charge in [0.05, 0.1) is 5.69 Å². The predicted molar refractivity (Wildman–Crippen MR) is 164 cm³/mol. The predicted octanol–water partition coefficient (Wildman–Crippen LogP) is 8.38. The van der Waals surface area contributed by atoms with Crippen molar-refractivity contribution in [1.82, 2.24) is 20.3 Å². The molecule has 0 aliphatic rings. The van der Waals surface area contributed by atoms with Crippen LogP contribution in [-0.4, -0.2) is 34.1 Å². The molecule has 0 aliphatic carbocycles. The minimum absolute atomic E-state index is 0. The molecule has 2 amide bonds. The van der Waals surface area contributed by atoms with Crippen molar-refractivity contribution in [3.05, 3.63) is 41.5 Å². The van der Waals surface area contributed by atoms with Gasteiger partial charge in [0.1, 0.15) is 5.82 Å². The van der Waals surface area contributed by atoms with Crippen molar-refractivity contribution >= 4 is 28.7 Å². The van der Waals surface area contributed by atoms with Gasteiger partial charge in [0.2, 0.25) is 5.95 Å². The summed E-state index contributed by atoms with van der Waals surface area (Å²) in [6.45, 7) is 7.16. The number of carbonyl (C=O) groups is 1. The van der Waals surface area contributed by atoms with E-state index in [0.717, 1.165) is 79.3 Å². The summed E-state index contributed by atoms with van der Waals surface area (Å²) in [6, 6.07) is 4.62. The maximum absolute atomic E-state index is 14.7. The van der Waals surface area contributed by atoms with Gasteiger partial charge < -0.3 is 16.0 Å². The normalized spacial score (nSPS) is 10.2. The summed E-state index contributed by atoms with van der Waals surface area (Å²) in [5.41, 5.74) is 3.83. The van der Waals surface area contributed by atoms with Gasteiger partial charge in [0.15, 0.2) is 5.65 Å². The molecule has 3 N–H and O–H groups in total. The van der Waals surface area contributed by atoms with Gasteiger partial charge in [-0.1, -0.05) is 41.0 Å². The molecule has 0 saturated carbocycles. The number of aryl methyl sites for hydroxylation is 2. The molecule has 1 aromatic carbocycles. The first-order chi connectivity index (χ1) is 17.4. The van der Waals surface area contributed by atoms with Crippen molar-refractivity contribution in [1.29, 1.82) is 0 Å². The van der Waals surface area contributed by atoms with Crippen LogP contribution in [0, 0.1) is 32.0 Å². The van der Waals surface area contributed by atoms with Crippen LogP contribution in [0.3, 0.4) is 0 Å². The highest BCUT2D eigenvalue weighted by Crippen LogP contribution is 2.32. The lowest BCUT2D eigenvalue weighted by Crippen LogP contribution is -2.29. The molecule has 7 nitrogen and oxygen atoms in total. The largest absolute Gasteiger partial charge is 0.354 e. The summed E-state index contributed by atoms with van der Waals surface area (Å²) >= 11 is 0. The Kier molecular flexibility index (Phi) is 13.8. The van der Waals surface area contributed by atoms with Gasteiger partial charge in [-0.15, -0.1) is 12.3 Å². The van der Waals surface area contributed by atoms with Crippen LogP contribution < -0.4 is 16.0 Å². The number of unbranched alkanes of at least 4 members (excludes halogenated alkanes) is 5. The van der Waals surface area contributed by atoms with Crippen LogP contribution >= 0.6 is 0 Å². The third-order valence-corrected chi connectivity index (χ3v) is 5.96. The van der Waals surface area contributed by atoms with E-state index in [0.29, 0.717) is 18.1 Å². The number of urea groups is 1. The summed E-state index contributed by atoms with van der Waals surface area (Å²) in [7, 11) is 0. The third-order valence-electron chi connectivity index (χ3n) is 5.96. The van der Waals surface area contributed by atoms with Gasteiger partial charge in [0.25, 0.3) is 0 Å². The fraction of sp³-hybridized carbons (Fsp3) is 0.467. The van der Waals surface area contributed by atoms with Crippen molar-refractivity contribution in [2.45, 2.75) is 80.6 Å². The SMILES string of the molecule is C.C.C#CCCCCNc1ncc2cc(-c3cc(NC(=O)NCCCCCC)c(F)cc3C)c(C)nc2n1.[HH].[HH].[HH]. The first kappa shape index (κ1) is 32.3. The molecule has 2 heterocycles. The lowest BCUT2D eigenvalue weighted by molar-refractivity contribution is 0.251. The molecule has 0 radical (unpaired) electrons. The second-order valence-electron chi connectivity index (χ2n) is 8.90. The van der Waals surface area contributed by atoms with Crippen LogP contribution in [0.15, 0.2) is 24.4 Å². The topological polar surface area (TPSA) is 91.8 Å². The number of benzene rings is 1. The number of fused-ring (bicyclic) bond motifs is 1. The number of hydrogen-bond donors (Lipinski definition) is 3. The molecule has 2 aromatic heterocycles. The number of carbonyl (C=O) groups excluding carboxylic acids is 1. The number of terminal acetylenes is 1. The lowest BCUT2D eigenvalue weighted by Gasteiger charge is -2.14. The van der Waals surface area contributed by atoms with Crippen LogP contribution in [-0.2, 0) is 0 Å². The van der Waals surface area contributed by atoms with E-state index in [-0.39, 0.29) is 24.8 Å². The Balaban J connectivity index is -0.00000289. The van der Waals surface area contributed by atoms with Gasteiger partial charge in [-0.25, -0.2) is 19.2 Å². The second kappa shape index (κ2) is 16.2. The molecule has 0 fully saturated rings. The monoisotopic (exact) mass is 528 g/mol. The van der Waals surface area contributed by atoms with Gasteiger partial charge in [-0.3, -0.25) is 0 Å². The zero-order valence-corrected chi connectivity index (χ0v) is 21.4. The molecule has 8 heteroatoms. The number of anilines is 2. The highest BCUT2D eigenvalue weighted by atomic mass is 19.1. The van der Waals surface area contributed by atoms with E-state index >= 15 is 0 Å². The number of rotatable bonds is 12. The molecule has 0 bridgehead atoms. The number of halogens is 1. The minimum atomic E-state index is -0.481. The minimum Gasteiger partial charge on any atom is -0.354 e. The molecular weight excluding hydrogens is 479 g/mol. The fourth-order valence-electron chi connectivity index (χ4n) is 3.94. The second-order valence-corrected chi connectivity index (χ2v) is 8.90. The standard InChI is InChI=1S/C28H35FN6O.2CH4.3H2/c1-5-7-9-11-13-30-27-32-18-21-16-23(20(4)33-26(21)35-27)22-17-25(24(29)15-19(22)3)34-28(36)31-14-12-10-8-6-2;;;;;/h1,15-18H,6-14H2,2-4H3,(H2,31,34,36)(H,30,32,33,35);2*1H4;3*1H. The molecule has 0 unspecified atom stereocenters. The molecule has 0 atom stereocenters. The zero-order chi connectivity index (χ0) is 25.9. The Morgan fingerprint density at radius 3 is 2.53 bits per heavy atom. The van der Waals surface area contributed by atoms with E-state index in [1.54, 1.807) is 12.3 Å².